The molecule has 0 saturated heterocycles. The van der Waals surface area contributed by atoms with Crippen molar-refractivity contribution in [1.82, 2.24) is 4.57 Å². The predicted octanol–water partition coefficient (Wildman–Crippen LogP) is 18.0. The Morgan fingerprint density at radius 2 is 0.805 bits per heavy atom. The smallest absolute Gasteiger partial charge is 0.184 e. The van der Waals surface area contributed by atoms with Gasteiger partial charge in [0.15, 0.2) is 8.07 Å². The number of aromatic nitrogens is 1. The van der Waals surface area contributed by atoms with E-state index in [1.165, 1.54) is 58.9 Å². The molecule has 1 aliphatic rings. The lowest BCUT2D eigenvalue weighted by molar-refractivity contribution is 0.669. The fourth-order valence-corrected chi connectivity index (χ4v) is 18.7. The molecule has 0 amide bonds. The molecule has 0 radical (unpaired) electrons. The summed E-state index contributed by atoms with van der Waals surface area (Å²) < 4.78 is 16.0. The van der Waals surface area contributed by atoms with Gasteiger partial charge in [0.2, 0.25) is 0 Å². The number of furan rings is 2. The van der Waals surface area contributed by atoms with Crippen molar-refractivity contribution in [3.63, 3.8) is 0 Å². The Hall–Kier alpha value is -10.7. The molecule has 0 atom stereocenters. The molecule has 0 aliphatic carbocycles. The monoisotopic (exact) mass is 1060 g/mol. The summed E-state index contributed by atoms with van der Waals surface area (Å²) in [5, 5.41) is 14.4. The molecule has 4 heterocycles. The lowest BCUT2D eigenvalue weighted by atomic mass is 9.98. The first-order chi connectivity index (χ1) is 40.7. The number of para-hydroxylation sites is 6. The summed E-state index contributed by atoms with van der Waals surface area (Å²) in [6.45, 7) is 0. The highest BCUT2D eigenvalue weighted by atomic mass is 28.3. The standard InChI is InChI=1S/C76H49N3O2Si/c1-2-19-52(20-3-1)79-69-29-12-15-32-75(69)82(57-42-44-65-63-24-8-13-30-71(63)80-73(65)48-57,58-43-45-66-64-25-9-14-31-72(64)81-74(66)49-58)76-46-41-56(47-70(76)79)77(53-35-33-51(34-36-53)60-26-16-18-50-17-4-5-21-59(50)60)54-37-39-55(40-38-54)78-67-27-10-6-22-61(67)62-23-7-11-28-68(62)78/h1-49H. The molecule has 82 heavy (non-hydrogen) atoms. The second kappa shape index (κ2) is 18.2. The van der Waals surface area contributed by atoms with E-state index in [4.69, 9.17) is 8.83 Å². The first-order valence-electron chi connectivity index (χ1n) is 28.1. The van der Waals surface area contributed by atoms with Crippen LogP contribution >= 0.6 is 0 Å². The largest absolute Gasteiger partial charge is 0.456 e. The Bertz CT molecular complexity index is 5020. The molecular weight excluding hydrogens is 1010 g/mol. The average molecular weight is 1060 g/mol. The van der Waals surface area contributed by atoms with Crippen molar-refractivity contribution in [2.45, 2.75) is 0 Å². The van der Waals surface area contributed by atoms with E-state index in [-0.39, 0.29) is 0 Å². The third-order valence-corrected chi connectivity index (χ3v) is 22.1. The number of fused-ring (bicyclic) bond motifs is 12. The summed E-state index contributed by atoms with van der Waals surface area (Å²) in [5.41, 5.74) is 15.8. The molecule has 0 fully saturated rings. The molecule has 16 aromatic rings. The molecule has 0 unspecified atom stereocenters. The predicted molar refractivity (Wildman–Crippen MR) is 345 cm³/mol. The highest BCUT2D eigenvalue weighted by Gasteiger charge is 2.50. The Morgan fingerprint density at radius 3 is 1.46 bits per heavy atom. The van der Waals surface area contributed by atoms with Gasteiger partial charge in [-0.3, -0.25) is 0 Å². The van der Waals surface area contributed by atoms with Gasteiger partial charge in [0, 0.05) is 72.1 Å². The van der Waals surface area contributed by atoms with Gasteiger partial charge in [0.05, 0.1) is 11.0 Å². The van der Waals surface area contributed by atoms with E-state index in [9.17, 15) is 0 Å². The molecule has 0 saturated carbocycles. The summed E-state index contributed by atoms with van der Waals surface area (Å²) in [6.07, 6.45) is 0. The zero-order valence-electron chi connectivity index (χ0n) is 44.4. The SMILES string of the molecule is c1ccc(N2c3ccccc3[Si](c3ccc4c(c3)oc3ccccc34)(c3ccc4c(c3)oc3ccccc34)c3ccc(N(c4ccc(-c5cccc6ccccc56)cc4)c4ccc(-n5c6ccccc6c6ccccc65)cc4)cc32)cc1. The first kappa shape index (κ1) is 46.3. The van der Waals surface area contributed by atoms with Gasteiger partial charge in [-0.1, -0.05) is 194 Å². The van der Waals surface area contributed by atoms with Crippen molar-refractivity contribution >= 4 is 139 Å². The molecule has 17 rings (SSSR count). The molecule has 1 aliphatic heterocycles. The zero-order valence-corrected chi connectivity index (χ0v) is 45.4. The third-order valence-electron chi connectivity index (χ3n) is 17.2. The second-order valence-corrected chi connectivity index (χ2v) is 25.3. The van der Waals surface area contributed by atoms with Gasteiger partial charge in [0.25, 0.3) is 0 Å². The summed E-state index contributed by atoms with van der Waals surface area (Å²) in [5.74, 6) is 0. The van der Waals surface area contributed by atoms with Crippen LogP contribution in [0.5, 0.6) is 0 Å². The van der Waals surface area contributed by atoms with Crippen LogP contribution < -0.4 is 30.5 Å². The van der Waals surface area contributed by atoms with Crippen LogP contribution in [0, 0.1) is 0 Å². The second-order valence-electron chi connectivity index (χ2n) is 21.6. The molecule has 13 aromatic carbocycles. The Kier molecular flexibility index (Phi) is 10.3. The molecule has 6 heteroatoms. The molecule has 5 nitrogen and oxygen atoms in total. The van der Waals surface area contributed by atoms with Crippen LogP contribution in [0.2, 0.25) is 0 Å². The van der Waals surface area contributed by atoms with Gasteiger partial charge in [0.1, 0.15) is 22.3 Å². The number of hydrogen-bond donors (Lipinski definition) is 0. The van der Waals surface area contributed by atoms with Crippen molar-refractivity contribution in [1.29, 1.82) is 0 Å². The molecule has 384 valence electrons. The van der Waals surface area contributed by atoms with Gasteiger partial charge < -0.3 is 23.2 Å². The Labute approximate surface area is 474 Å². The minimum atomic E-state index is -3.33. The minimum Gasteiger partial charge on any atom is -0.456 e. The van der Waals surface area contributed by atoms with E-state index in [1.54, 1.807) is 0 Å². The summed E-state index contributed by atoms with van der Waals surface area (Å²) >= 11 is 0. The first-order valence-corrected chi connectivity index (χ1v) is 30.1. The van der Waals surface area contributed by atoms with E-state index < -0.39 is 8.07 Å². The molecule has 0 bridgehead atoms. The van der Waals surface area contributed by atoms with Crippen LogP contribution in [0.4, 0.5) is 34.1 Å². The van der Waals surface area contributed by atoms with Crippen LogP contribution in [-0.2, 0) is 0 Å². The number of nitrogens with zero attached hydrogens (tertiary/aromatic N) is 3. The fourth-order valence-electron chi connectivity index (χ4n) is 13.6. The van der Waals surface area contributed by atoms with Crippen LogP contribution in [0.25, 0.3) is 93.3 Å². The van der Waals surface area contributed by atoms with E-state index in [1.807, 2.05) is 0 Å². The van der Waals surface area contributed by atoms with E-state index in [2.05, 4.69) is 312 Å². The maximum absolute atomic E-state index is 6.81. The quantitative estimate of drug-likeness (QED) is 0.142. The lowest BCUT2D eigenvalue weighted by Gasteiger charge is -2.45. The lowest BCUT2D eigenvalue weighted by Crippen LogP contribution is -2.77. The highest BCUT2D eigenvalue weighted by molar-refractivity contribution is 7.21. The topological polar surface area (TPSA) is 37.7 Å². The van der Waals surface area contributed by atoms with Crippen molar-refractivity contribution in [2.75, 3.05) is 9.80 Å². The maximum Gasteiger partial charge on any atom is 0.184 e. The number of hydrogen-bond acceptors (Lipinski definition) is 4. The number of anilines is 6. The van der Waals surface area contributed by atoms with Gasteiger partial charge in [-0.25, -0.2) is 0 Å². The summed E-state index contributed by atoms with van der Waals surface area (Å²) in [7, 11) is -3.33. The molecular formula is C76H49N3O2Si. The highest BCUT2D eigenvalue weighted by Crippen LogP contribution is 2.45. The van der Waals surface area contributed by atoms with E-state index in [0.29, 0.717) is 0 Å². The van der Waals surface area contributed by atoms with E-state index in [0.717, 1.165) is 89.3 Å². The van der Waals surface area contributed by atoms with Crippen LogP contribution in [0.1, 0.15) is 0 Å². The van der Waals surface area contributed by atoms with Crippen LogP contribution in [0.3, 0.4) is 0 Å². The molecule has 3 aromatic heterocycles. The third kappa shape index (κ3) is 6.92. The van der Waals surface area contributed by atoms with Crippen molar-refractivity contribution in [2.24, 2.45) is 0 Å². The average Bonchev–Trinajstić information content (AvgIpc) is 1.14. The minimum absolute atomic E-state index is 0.874. The van der Waals surface area contributed by atoms with Gasteiger partial charge in [-0.2, -0.15) is 0 Å². The maximum atomic E-state index is 6.81. The summed E-state index contributed by atoms with van der Waals surface area (Å²) in [4.78, 5) is 4.92. The fraction of sp³-hybridized carbons (Fsp3) is 0. The van der Waals surface area contributed by atoms with Gasteiger partial charge in [-0.05, 0) is 146 Å². The normalized spacial score (nSPS) is 13.0. The van der Waals surface area contributed by atoms with Crippen LogP contribution in [0.15, 0.2) is 306 Å². The zero-order chi connectivity index (χ0) is 53.9. The van der Waals surface area contributed by atoms with Gasteiger partial charge >= 0.3 is 0 Å². The van der Waals surface area contributed by atoms with Crippen LogP contribution in [-0.4, -0.2) is 12.6 Å². The summed E-state index contributed by atoms with van der Waals surface area (Å²) in [6, 6.07) is 109. The van der Waals surface area contributed by atoms with Crippen molar-refractivity contribution in [3.05, 3.63) is 297 Å². The van der Waals surface area contributed by atoms with Gasteiger partial charge in [-0.15, -0.1) is 0 Å². The number of benzene rings is 13. The Morgan fingerprint density at radius 1 is 0.305 bits per heavy atom. The van der Waals surface area contributed by atoms with E-state index >= 15 is 0 Å². The number of rotatable bonds is 8. The van der Waals surface area contributed by atoms with Crippen molar-refractivity contribution < 1.29 is 8.83 Å². The molecule has 0 N–H and O–H groups in total. The van der Waals surface area contributed by atoms with Crippen molar-refractivity contribution in [3.8, 4) is 16.8 Å². The Balaban J connectivity index is 0.920. The molecule has 0 spiro atoms.